The van der Waals surface area contributed by atoms with Crippen molar-refractivity contribution >= 4 is 15.9 Å². The summed E-state index contributed by atoms with van der Waals surface area (Å²) in [5.74, 6) is 0. The number of hydrogen-bond donors (Lipinski definition) is 0. The fourth-order valence-electron chi connectivity index (χ4n) is 0.709. The third-order valence-corrected chi connectivity index (χ3v) is 1.96. The van der Waals surface area contributed by atoms with Gasteiger partial charge in [-0.3, -0.25) is 10.1 Å². The second-order valence-electron chi connectivity index (χ2n) is 2.02. The van der Waals surface area contributed by atoms with Gasteiger partial charge in [-0.1, -0.05) is 3.89 Å². The monoisotopic (exact) mass is 206 g/mol. The topological polar surface area (TPSA) is 90.2 Å². The fraction of sp³-hybridized carbons (Fsp3) is 0. The molecule has 0 fully saturated rings. The SMILES string of the molecule is O=[N+]([O-])c1cccnc1S(=O)(=O)F. The van der Waals surface area contributed by atoms with Gasteiger partial charge in [0.25, 0.3) is 5.03 Å². The molecule has 1 rings (SSSR count). The van der Waals surface area contributed by atoms with Crippen LogP contribution >= 0.6 is 0 Å². The molecule has 0 aliphatic heterocycles. The van der Waals surface area contributed by atoms with Gasteiger partial charge in [0.2, 0.25) is 0 Å². The van der Waals surface area contributed by atoms with Crippen molar-refractivity contribution in [1.82, 2.24) is 4.98 Å². The summed E-state index contributed by atoms with van der Waals surface area (Å²) in [6.07, 6.45) is 0.958. The number of nitro groups is 1. The van der Waals surface area contributed by atoms with Crippen LogP contribution in [-0.4, -0.2) is 18.3 Å². The summed E-state index contributed by atoms with van der Waals surface area (Å²) in [7, 11) is -5.13. The standard InChI is InChI=1S/C5H3FN2O4S/c6-13(11,12)5-4(8(9)10)2-1-3-7-5/h1-3H. The van der Waals surface area contributed by atoms with Gasteiger partial charge in [-0.05, 0) is 6.07 Å². The van der Waals surface area contributed by atoms with Crippen molar-refractivity contribution in [3.63, 3.8) is 0 Å². The molecule has 0 saturated carbocycles. The number of nitrogens with zero attached hydrogens (tertiary/aromatic N) is 2. The van der Waals surface area contributed by atoms with Crippen LogP contribution in [0.4, 0.5) is 9.57 Å². The third-order valence-electron chi connectivity index (χ3n) is 1.18. The van der Waals surface area contributed by atoms with E-state index in [-0.39, 0.29) is 0 Å². The molecular formula is C5H3FN2O4S. The fourth-order valence-corrected chi connectivity index (χ4v) is 1.29. The van der Waals surface area contributed by atoms with Gasteiger partial charge in [0, 0.05) is 12.3 Å². The van der Waals surface area contributed by atoms with Crippen LogP contribution in [0.15, 0.2) is 23.4 Å². The van der Waals surface area contributed by atoms with Crippen molar-refractivity contribution in [2.45, 2.75) is 5.03 Å². The normalized spacial score (nSPS) is 11.2. The predicted octanol–water partition coefficient (Wildman–Crippen LogP) is 0.648. The van der Waals surface area contributed by atoms with Crippen molar-refractivity contribution in [2.24, 2.45) is 0 Å². The largest absolute Gasteiger partial charge is 0.356 e. The lowest BCUT2D eigenvalue weighted by molar-refractivity contribution is -0.388. The van der Waals surface area contributed by atoms with Crippen LogP contribution in [0, 0.1) is 10.1 Å². The van der Waals surface area contributed by atoms with E-state index in [1.807, 2.05) is 0 Å². The molecule has 0 aliphatic carbocycles. The molecule has 6 nitrogen and oxygen atoms in total. The summed E-state index contributed by atoms with van der Waals surface area (Å²) in [6, 6.07) is 2.01. The first-order valence-corrected chi connectivity index (χ1v) is 4.35. The second-order valence-corrected chi connectivity index (χ2v) is 3.29. The molecule has 0 N–H and O–H groups in total. The van der Waals surface area contributed by atoms with E-state index in [1.165, 1.54) is 0 Å². The van der Waals surface area contributed by atoms with Gasteiger partial charge in [-0.25, -0.2) is 4.98 Å². The first-order chi connectivity index (χ1) is 5.93. The van der Waals surface area contributed by atoms with E-state index in [0.717, 1.165) is 18.3 Å². The van der Waals surface area contributed by atoms with Crippen molar-refractivity contribution < 1.29 is 17.2 Å². The van der Waals surface area contributed by atoms with Crippen LogP contribution < -0.4 is 0 Å². The predicted molar refractivity (Wildman–Crippen MR) is 39.2 cm³/mol. The maximum atomic E-state index is 12.3. The first kappa shape index (κ1) is 9.52. The molecule has 0 atom stereocenters. The Balaban J connectivity index is 3.46. The van der Waals surface area contributed by atoms with Crippen LogP contribution in [0.2, 0.25) is 0 Å². The number of aromatic nitrogens is 1. The molecule has 8 heteroatoms. The highest BCUT2D eigenvalue weighted by Crippen LogP contribution is 2.21. The molecule has 0 unspecified atom stereocenters. The maximum absolute atomic E-state index is 12.3. The Bertz CT molecular complexity index is 444. The lowest BCUT2D eigenvalue weighted by atomic mass is 10.4. The van der Waals surface area contributed by atoms with Gasteiger partial charge in [-0.15, -0.1) is 0 Å². The average Bonchev–Trinajstić information content (AvgIpc) is 2.03. The van der Waals surface area contributed by atoms with E-state index in [9.17, 15) is 22.4 Å². The molecule has 0 amide bonds. The third kappa shape index (κ3) is 1.96. The zero-order valence-corrected chi connectivity index (χ0v) is 6.86. The second kappa shape index (κ2) is 3.05. The first-order valence-electron chi connectivity index (χ1n) is 2.97. The highest BCUT2D eigenvalue weighted by Gasteiger charge is 2.26. The number of pyridine rings is 1. The molecule has 1 aromatic rings. The zero-order valence-electron chi connectivity index (χ0n) is 6.05. The zero-order chi connectivity index (χ0) is 10.1. The van der Waals surface area contributed by atoms with Crippen LogP contribution in [-0.2, 0) is 10.2 Å². The molecule has 0 bridgehead atoms. The van der Waals surface area contributed by atoms with E-state index in [4.69, 9.17) is 0 Å². The Labute approximate surface area is 72.4 Å². The quantitative estimate of drug-likeness (QED) is 0.402. The minimum Gasteiger partial charge on any atom is -0.258 e. The van der Waals surface area contributed by atoms with Crippen molar-refractivity contribution in [2.75, 3.05) is 0 Å². The molecule has 1 heterocycles. The molecule has 0 saturated heterocycles. The van der Waals surface area contributed by atoms with E-state index in [1.54, 1.807) is 0 Å². The lowest BCUT2D eigenvalue weighted by Gasteiger charge is -1.94. The molecule has 1 aromatic heterocycles. The highest BCUT2D eigenvalue weighted by atomic mass is 32.3. The van der Waals surface area contributed by atoms with Gasteiger partial charge in [-0.2, -0.15) is 8.42 Å². The summed E-state index contributed by atoms with van der Waals surface area (Å²) < 4.78 is 33.0. The van der Waals surface area contributed by atoms with Gasteiger partial charge >= 0.3 is 15.9 Å². The van der Waals surface area contributed by atoms with E-state index < -0.39 is 25.9 Å². The molecule has 70 valence electrons. The number of halogens is 1. The molecule has 0 aliphatic rings. The van der Waals surface area contributed by atoms with Crippen molar-refractivity contribution in [3.05, 3.63) is 28.4 Å². The molecule has 0 radical (unpaired) electrons. The Kier molecular flexibility index (Phi) is 2.24. The van der Waals surface area contributed by atoms with E-state index in [2.05, 4.69) is 4.98 Å². The van der Waals surface area contributed by atoms with Crippen LogP contribution in [0.5, 0.6) is 0 Å². The minimum absolute atomic E-state index is 0.861. The number of hydrogen-bond acceptors (Lipinski definition) is 5. The maximum Gasteiger partial charge on any atom is 0.356 e. The molecule has 13 heavy (non-hydrogen) atoms. The Hall–Kier alpha value is -1.57. The van der Waals surface area contributed by atoms with Crippen LogP contribution in [0.1, 0.15) is 0 Å². The van der Waals surface area contributed by atoms with Gasteiger partial charge in [0.05, 0.1) is 4.92 Å². The number of rotatable bonds is 2. The Morgan fingerprint density at radius 3 is 2.54 bits per heavy atom. The summed E-state index contributed by atoms with van der Waals surface area (Å²) in [5, 5.41) is 9.04. The minimum atomic E-state index is -5.13. The summed E-state index contributed by atoms with van der Waals surface area (Å²) >= 11 is 0. The molecular weight excluding hydrogens is 203 g/mol. The molecule has 0 spiro atoms. The average molecular weight is 206 g/mol. The lowest BCUT2D eigenvalue weighted by Crippen LogP contribution is -2.01. The summed E-state index contributed by atoms with van der Waals surface area (Å²) in [5.41, 5.74) is -0.870. The van der Waals surface area contributed by atoms with E-state index in [0.29, 0.717) is 0 Å². The van der Waals surface area contributed by atoms with Gasteiger partial charge in [0.15, 0.2) is 0 Å². The van der Waals surface area contributed by atoms with Crippen LogP contribution in [0.3, 0.4) is 0 Å². The van der Waals surface area contributed by atoms with Crippen LogP contribution in [0.25, 0.3) is 0 Å². The molecule has 0 aromatic carbocycles. The Morgan fingerprint density at radius 1 is 1.54 bits per heavy atom. The van der Waals surface area contributed by atoms with Crippen molar-refractivity contribution in [1.29, 1.82) is 0 Å². The highest BCUT2D eigenvalue weighted by molar-refractivity contribution is 7.86. The smallest absolute Gasteiger partial charge is 0.258 e. The summed E-state index contributed by atoms with van der Waals surface area (Å²) in [4.78, 5) is 12.3. The summed E-state index contributed by atoms with van der Waals surface area (Å²) in [6.45, 7) is 0. The van der Waals surface area contributed by atoms with Crippen molar-refractivity contribution in [3.8, 4) is 0 Å². The Morgan fingerprint density at radius 2 is 2.15 bits per heavy atom. The van der Waals surface area contributed by atoms with Gasteiger partial charge in [0.1, 0.15) is 0 Å². The van der Waals surface area contributed by atoms with E-state index >= 15 is 0 Å². The van der Waals surface area contributed by atoms with Gasteiger partial charge < -0.3 is 0 Å².